The highest BCUT2D eigenvalue weighted by molar-refractivity contribution is 6.73. The molecule has 0 aliphatic rings. The number of hydrogen-bond acceptors (Lipinski definition) is 1. The van der Waals surface area contributed by atoms with Gasteiger partial charge in [0.15, 0.2) is 8.32 Å². The molecule has 0 radical (unpaired) electrons. The van der Waals surface area contributed by atoms with E-state index in [1.807, 2.05) is 0 Å². The highest BCUT2D eigenvalue weighted by Gasteiger charge is 2.37. The Labute approximate surface area is 133 Å². The molecule has 0 heterocycles. The lowest BCUT2D eigenvalue weighted by Gasteiger charge is -2.40. The molecule has 0 aliphatic heterocycles. The highest BCUT2D eigenvalue weighted by atomic mass is 28.4. The molecule has 0 saturated carbocycles. The van der Waals surface area contributed by atoms with Crippen molar-refractivity contribution >= 4 is 22.5 Å². The van der Waals surface area contributed by atoms with E-state index < -0.39 is 22.5 Å². The normalized spacial score (nSPS) is 14.3. The monoisotopic (exact) mass is 310 g/mol. The van der Waals surface area contributed by atoms with E-state index in [0.29, 0.717) is 0 Å². The van der Waals surface area contributed by atoms with E-state index in [9.17, 15) is 0 Å². The summed E-state index contributed by atoms with van der Waals surface area (Å²) in [6.45, 7) is 11.5. The van der Waals surface area contributed by atoms with Crippen LogP contribution in [0.2, 0.25) is 29.7 Å². The molecule has 3 heteroatoms. The summed E-state index contributed by atoms with van der Waals surface area (Å²) < 4.78 is 6.81. The van der Waals surface area contributed by atoms with Crippen molar-refractivity contribution in [2.24, 2.45) is 0 Å². The molecular weight excluding hydrogens is 275 g/mol. The second-order valence-electron chi connectivity index (χ2n) is 6.55. The molecule has 0 aromatic heterocycles. The lowest BCUT2D eigenvalue weighted by atomic mass is 9.96. The van der Waals surface area contributed by atoms with Crippen molar-refractivity contribution in [3.05, 3.63) is 0 Å². The quantitative estimate of drug-likeness (QED) is 0.395. The summed E-state index contributed by atoms with van der Waals surface area (Å²) >= 11 is -0.767. The Morgan fingerprint density at radius 1 is 1.05 bits per heavy atom. The topological polar surface area (TPSA) is 9.23 Å². The van der Waals surface area contributed by atoms with Gasteiger partial charge in [-0.3, -0.25) is 0 Å². The van der Waals surface area contributed by atoms with Crippen LogP contribution in [-0.4, -0.2) is 28.1 Å². The van der Waals surface area contributed by atoms with Crippen LogP contribution in [0.3, 0.4) is 0 Å². The Bertz CT molecular complexity index is 306. The lowest BCUT2D eigenvalue weighted by Crippen LogP contribution is -2.45. The van der Waals surface area contributed by atoms with Crippen LogP contribution in [0.1, 0.15) is 60.3 Å². The molecule has 0 spiro atoms. The van der Waals surface area contributed by atoms with Gasteiger partial charge in [0.25, 0.3) is 0 Å². The van der Waals surface area contributed by atoms with Crippen LogP contribution in [-0.2, 0) is 4.43 Å². The van der Waals surface area contributed by atoms with Gasteiger partial charge in [-0.25, -0.2) is 4.78 Å². The average molecular weight is 311 g/mol. The predicted octanol–water partition coefficient (Wildman–Crippen LogP) is 5.64. The van der Waals surface area contributed by atoms with E-state index >= 15 is 0 Å². The first-order chi connectivity index (χ1) is 9.37. The van der Waals surface area contributed by atoms with Crippen molar-refractivity contribution in [3.63, 3.8) is 0 Å². The predicted molar refractivity (Wildman–Crippen MR) is 96.1 cm³/mol. The first-order valence-corrected chi connectivity index (χ1v) is 14.0. The van der Waals surface area contributed by atoms with E-state index in [1.165, 1.54) is 31.0 Å². The van der Waals surface area contributed by atoms with Gasteiger partial charge in [-0.1, -0.05) is 52.1 Å². The smallest absolute Gasteiger partial charge is 0.369 e. The molecule has 0 bridgehead atoms. The maximum atomic E-state index is 6.81. The summed E-state index contributed by atoms with van der Waals surface area (Å²) in [5.74, 6) is 8.02. The van der Waals surface area contributed by atoms with E-state index in [2.05, 4.69) is 56.9 Å². The lowest BCUT2D eigenvalue weighted by molar-refractivity contribution is 0.0688. The Kier molecular flexibility index (Phi) is 10.2. The third-order valence-electron chi connectivity index (χ3n) is 4.31. The molecule has 0 amide bonds. The van der Waals surface area contributed by atoms with Crippen molar-refractivity contribution < 1.29 is 4.43 Å². The van der Waals surface area contributed by atoms with E-state index in [0.717, 1.165) is 12.8 Å². The first kappa shape index (κ1) is 20.3. The third kappa shape index (κ3) is 7.33. The zero-order valence-corrected chi connectivity index (χ0v) is 17.1. The maximum Gasteiger partial charge on any atom is 0.369 e. The summed E-state index contributed by atoms with van der Waals surface area (Å²) in [4.78, 5) is 3.44. The second-order valence-corrected chi connectivity index (χ2v) is 13.8. The van der Waals surface area contributed by atoms with Gasteiger partial charge < -0.3 is 4.43 Å². The van der Waals surface area contributed by atoms with Gasteiger partial charge in [-0.05, 0) is 31.5 Å². The van der Waals surface area contributed by atoms with Gasteiger partial charge in [-0.2, -0.15) is 0 Å². The molecule has 116 valence electrons. The first-order valence-electron chi connectivity index (χ1n) is 8.55. The second kappa shape index (κ2) is 10.1. The van der Waals surface area contributed by atoms with Crippen molar-refractivity contribution in [1.82, 2.24) is 0 Å². The molecule has 0 aliphatic carbocycles. The minimum atomic E-state index is -1.54. The minimum absolute atomic E-state index is 0.0133. The van der Waals surface area contributed by atoms with E-state index in [1.54, 1.807) is 0 Å². The highest BCUT2D eigenvalue weighted by Crippen LogP contribution is 2.32. The summed E-state index contributed by atoms with van der Waals surface area (Å²) in [5, 5.41) is 0. The minimum Gasteiger partial charge on any atom is -0.411 e. The molecule has 20 heavy (non-hydrogen) atoms. The van der Waals surface area contributed by atoms with Crippen LogP contribution >= 0.6 is 0 Å². The van der Waals surface area contributed by atoms with Gasteiger partial charge >= 0.3 is 14.1 Å². The molecule has 1 atom stereocenters. The van der Waals surface area contributed by atoms with Crippen molar-refractivity contribution in [1.29, 1.82) is 0 Å². The Hall–Kier alpha value is 0.269. The van der Waals surface area contributed by atoms with Gasteiger partial charge in [0.05, 0.1) is 5.60 Å². The zero-order valence-electron chi connectivity index (χ0n) is 14.9. The molecule has 0 saturated heterocycles. The van der Waals surface area contributed by atoms with E-state index in [4.69, 9.17) is 4.43 Å². The van der Waals surface area contributed by atoms with Gasteiger partial charge in [0.2, 0.25) is 0 Å². The van der Waals surface area contributed by atoms with Crippen LogP contribution in [0, 0.1) is 10.7 Å². The third-order valence-corrected chi connectivity index (χ3v) is 9.88. The summed E-state index contributed by atoms with van der Waals surface area (Å²) in [5.41, 5.74) is -0.0133. The van der Waals surface area contributed by atoms with E-state index in [-0.39, 0.29) is 5.60 Å². The van der Waals surface area contributed by atoms with Crippen LogP contribution < -0.4 is 0 Å². The summed E-state index contributed by atoms with van der Waals surface area (Å²) in [6.07, 6.45) is 4.57. The molecule has 1 unspecified atom stereocenters. The van der Waals surface area contributed by atoms with Gasteiger partial charge in [0, 0.05) is 6.42 Å². The average Bonchev–Trinajstić information content (AvgIpc) is 2.42. The van der Waals surface area contributed by atoms with Crippen molar-refractivity contribution in [2.45, 2.75) is 95.6 Å². The molecule has 0 aromatic carbocycles. The Balaban J connectivity index is 4.98. The van der Waals surface area contributed by atoms with Crippen molar-refractivity contribution in [3.8, 4) is 10.7 Å². The number of rotatable bonds is 9. The van der Waals surface area contributed by atoms with Crippen LogP contribution in [0.15, 0.2) is 0 Å². The van der Waals surface area contributed by atoms with Crippen LogP contribution in [0.25, 0.3) is 0 Å². The summed E-state index contributed by atoms with van der Waals surface area (Å²) in [7, 11) is -1.54. The fourth-order valence-electron chi connectivity index (χ4n) is 2.66. The van der Waals surface area contributed by atoms with Crippen LogP contribution in [0.4, 0.5) is 0 Å². The van der Waals surface area contributed by atoms with Gasteiger partial charge in [0.1, 0.15) is 0 Å². The molecule has 0 fully saturated rings. The zero-order chi connectivity index (χ0) is 15.6. The molecular formula is C17H35AlOSi. The fourth-order valence-corrected chi connectivity index (χ4v) is 6.32. The van der Waals surface area contributed by atoms with Crippen molar-refractivity contribution in [2.75, 3.05) is 0 Å². The maximum absolute atomic E-state index is 6.81. The molecule has 0 N–H and O–H groups in total. The van der Waals surface area contributed by atoms with Crippen LogP contribution in [0.5, 0.6) is 0 Å². The SMILES string of the molecule is CCCCC(C)(CC#[C][Al]([CH3])[CH3])O[Si](CC)(CC)CC. The Morgan fingerprint density at radius 3 is 2.00 bits per heavy atom. The molecule has 0 aromatic rings. The Morgan fingerprint density at radius 2 is 1.60 bits per heavy atom. The largest absolute Gasteiger partial charge is 0.411 e. The standard InChI is InChI=1S/C15H29OSi.2CH3.Al/c1-7-12-14-15(6,13-8-2)16-17(9-3,10-4)11-5;;;/h7,9-14H2,1,3-6H3;2*1H3;. The number of unbranched alkanes of at least 4 members (excludes halogenated alkanes) is 1. The fraction of sp³-hybridized carbons (Fsp3) is 0.882. The summed E-state index contributed by atoms with van der Waals surface area (Å²) in [6, 6.07) is 3.69. The number of hydrogen-bond donors (Lipinski definition) is 0. The molecule has 0 rings (SSSR count). The van der Waals surface area contributed by atoms with Gasteiger partial charge in [-0.15, -0.1) is 5.92 Å². The molecule has 1 nitrogen and oxygen atoms in total.